The van der Waals surface area contributed by atoms with Gasteiger partial charge >= 0.3 is 0 Å². The number of aromatic nitrogens is 4. The Kier molecular flexibility index (Phi) is 5.59. The Labute approximate surface area is 157 Å². The molecule has 4 rings (SSSR count). The van der Waals surface area contributed by atoms with Crippen molar-refractivity contribution in [2.75, 3.05) is 25.0 Å². The fourth-order valence-corrected chi connectivity index (χ4v) is 4.43. The van der Waals surface area contributed by atoms with Crippen LogP contribution in [0.25, 0.3) is 0 Å². The molecule has 0 spiro atoms. The molecule has 1 fully saturated rings. The molecule has 2 aromatic heterocycles. The van der Waals surface area contributed by atoms with E-state index in [4.69, 9.17) is 0 Å². The van der Waals surface area contributed by atoms with E-state index in [1.807, 2.05) is 6.07 Å². The van der Waals surface area contributed by atoms with E-state index in [1.165, 1.54) is 43.8 Å². The van der Waals surface area contributed by atoms with Crippen molar-refractivity contribution in [3.05, 3.63) is 33.9 Å². The van der Waals surface area contributed by atoms with Gasteiger partial charge in [0.2, 0.25) is 0 Å². The molecule has 0 amide bonds. The maximum atomic E-state index is 12.4. The molecule has 8 heteroatoms. The summed E-state index contributed by atoms with van der Waals surface area (Å²) in [6, 6.07) is 2.28. The molecule has 140 valence electrons. The number of aryl methyl sites for hydroxylation is 2. The van der Waals surface area contributed by atoms with Gasteiger partial charge in [0.05, 0.1) is 30.2 Å². The van der Waals surface area contributed by atoms with Gasteiger partial charge in [-0.15, -0.1) is 0 Å². The molecule has 0 radical (unpaired) electrons. The second-order valence-corrected chi connectivity index (χ2v) is 7.80. The summed E-state index contributed by atoms with van der Waals surface area (Å²) in [5, 5.41) is 8.04. The number of nitrogens with one attached hydrogen (secondary N) is 1. The molecule has 0 saturated carbocycles. The lowest BCUT2D eigenvalue weighted by molar-refractivity contribution is 0.147. The Morgan fingerprint density at radius 3 is 3.00 bits per heavy atom. The van der Waals surface area contributed by atoms with Crippen molar-refractivity contribution < 1.29 is 0 Å². The predicted molar refractivity (Wildman–Crippen MR) is 103 cm³/mol. The number of hydrogen-bond donors (Lipinski definition) is 1. The van der Waals surface area contributed by atoms with Crippen LogP contribution in [0.2, 0.25) is 0 Å². The molecule has 7 nitrogen and oxygen atoms in total. The fourth-order valence-electron chi connectivity index (χ4n) is 4.03. The zero-order chi connectivity index (χ0) is 17.8. The molecule has 3 heterocycles. The zero-order valence-corrected chi connectivity index (χ0v) is 15.9. The Bertz CT molecular complexity index is 774. The molecule has 2 aromatic rings. The van der Waals surface area contributed by atoms with Crippen LogP contribution in [0.15, 0.2) is 17.1 Å². The van der Waals surface area contributed by atoms with Gasteiger partial charge in [-0.05, 0) is 50.6 Å². The smallest absolute Gasteiger partial charge is 0.267 e. The number of anilines is 1. The minimum atomic E-state index is 0.0471. The zero-order valence-electron chi connectivity index (χ0n) is 15.1. The topological polar surface area (TPSA) is 75.9 Å². The monoisotopic (exact) mass is 374 g/mol. The van der Waals surface area contributed by atoms with Crippen molar-refractivity contribution in [1.82, 2.24) is 23.4 Å². The lowest BCUT2D eigenvalue weighted by Crippen LogP contribution is -2.45. The maximum absolute atomic E-state index is 12.4. The first-order valence-electron chi connectivity index (χ1n) is 9.65. The van der Waals surface area contributed by atoms with Gasteiger partial charge in [0.1, 0.15) is 0 Å². The van der Waals surface area contributed by atoms with Gasteiger partial charge in [0.25, 0.3) is 5.56 Å². The third-order valence-electron chi connectivity index (χ3n) is 5.50. The summed E-state index contributed by atoms with van der Waals surface area (Å²) in [5.41, 5.74) is 2.34. The van der Waals surface area contributed by atoms with Crippen molar-refractivity contribution in [3.8, 4) is 0 Å². The van der Waals surface area contributed by atoms with Crippen LogP contribution in [-0.4, -0.2) is 49.1 Å². The van der Waals surface area contributed by atoms with Crippen molar-refractivity contribution >= 4 is 17.5 Å². The Morgan fingerprint density at radius 1 is 1.19 bits per heavy atom. The Balaban J connectivity index is 1.38. The van der Waals surface area contributed by atoms with Crippen molar-refractivity contribution in [2.24, 2.45) is 0 Å². The lowest BCUT2D eigenvalue weighted by Gasteiger charge is -2.35. The molecule has 1 atom stereocenters. The third-order valence-corrected chi connectivity index (χ3v) is 5.98. The third kappa shape index (κ3) is 4.12. The average molecular weight is 375 g/mol. The molecule has 0 bridgehead atoms. The molecule has 26 heavy (non-hydrogen) atoms. The van der Waals surface area contributed by atoms with Crippen LogP contribution in [0.1, 0.15) is 43.4 Å². The quantitative estimate of drug-likeness (QED) is 0.833. The van der Waals surface area contributed by atoms with Crippen LogP contribution in [0.3, 0.4) is 0 Å². The van der Waals surface area contributed by atoms with E-state index in [2.05, 4.69) is 24.1 Å². The highest BCUT2D eigenvalue weighted by Gasteiger charge is 2.22. The van der Waals surface area contributed by atoms with E-state index in [0.29, 0.717) is 12.6 Å². The van der Waals surface area contributed by atoms with E-state index in [-0.39, 0.29) is 5.56 Å². The van der Waals surface area contributed by atoms with E-state index < -0.39 is 0 Å². The number of piperidine rings is 1. The lowest BCUT2D eigenvalue weighted by atomic mass is 9.97. The number of fused-ring (bicyclic) bond motifs is 1. The first kappa shape index (κ1) is 17.6. The van der Waals surface area contributed by atoms with E-state index in [9.17, 15) is 4.79 Å². The summed E-state index contributed by atoms with van der Waals surface area (Å²) in [6.07, 6.45) is 9.80. The molecule has 2 aliphatic rings. The van der Waals surface area contributed by atoms with Crippen LogP contribution in [-0.2, 0) is 19.4 Å². The van der Waals surface area contributed by atoms with Crippen LogP contribution in [0.5, 0.6) is 0 Å². The van der Waals surface area contributed by atoms with E-state index in [1.54, 1.807) is 10.9 Å². The average Bonchev–Trinajstić information content (AvgIpc) is 3.19. The maximum Gasteiger partial charge on any atom is 0.267 e. The first-order chi connectivity index (χ1) is 12.8. The molecule has 0 aromatic carbocycles. The Morgan fingerprint density at radius 2 is 2.12 bits per heavy atom. The van der Waals surface area contributed by atoms with Crippen molar-refractivity contribution in [1.29, 1.82) is 0 Å². The van der Waals surface area contributed by atoms with Gasteiger partial charge in [0.15, 0.2) is 5.82 Å². The second-order valence-electron chi connectivity index (χ2n) is 7.24. The largest absolute Gasteiger partial charge is 0.366 e. The SMILES string of the molecule is O=c1cc2c(nn1CCN1CCCCC1CNc1cnsn1)CCCC2. The van der Waals surface area contributed by atoms with Crippen LogP contribution in [0, 0.1) is 0 Å². The highest BCUT2D eigenvalue weighted by molar-refractivity contribution is 6.99. The van der Waals surface area contributed by atoms with Crippen molar-refractivity contribution in [2.45, 2.75) is 57.5 Å². The van der Waals surface area contributed by atoms with Crippen LogP contribution in [0.4, 0.5) is 5.82 Å². The summed E-state index contributed by atoms with van der Waals surface area (Å²) in [7, 11) is 0. The minimum absolute atomic E-state index is 0.0471. The molecular formula is C18H26N6OS. The second kappa shape index (κ2) is 8.26. The fraction of sp³-hybridized carbons (Fsp3) is 0.667. The Hall–Kier alpha value is -1.80. The summed E-state index contributed by atoms with van der Waals surface area (Å²) < 4.78 is 9.93. The molecule has 1 aliphatic heterocycles. The number of hydrogen-bond acceptors (Lipinski definition) is 7. The van der Waals surface area contributed by atoms with Gasteiger partial charge in [-0.25, -0.2) is 4.68 Å². The number of rotatable bonds is 6. The van der Waals surface area contributed by atoms with Gasteiger partial charge in [-0.1, -0.05) is 6.42 Å². The van der Waals surface area contributed by atoms with Crippen LogP contribution < -0.4 is 10.9 Å². The number of nitrogens with zero attached hydrogens (tertiary/aromatic N) is 5. The van der Waals surface area contributed by atoms with Crippen LogP contribution >= 0.6 is 11.7 Å². The molecule has 1 N–H and O–H groups in total. The first-order valence-corrected chi connectivity index (χ1v) is 10.4. The van der Waals surface area contributed by atoms with Gasteiger partial charge in [-0.2, -0.15) is 13.8 Å². The summed E-state index contributed by atoms with van der Waals surface area (Å²) >= 11 is 1.22. The van der Waals surface area contributed by atoms with E-state index >= 15 is 0 Å². The highest BCUT2D eigenvalue weighted by Crippen LogP contribution is 2.19. The minimum Gasteiger partial charge on any atom is -0.366 e. The summed E-state index contributed by atoms with van der Waals surface area (Å²) in [4.78, 5) is 14.9. The molecule has 1 saturated heterocycles. The van der Waals surface area contributed by atoms with Gasteiger partial charge in [-0.3, -0.25) is 9.69 Å². The molecule has 1 unspecified atom stereocenters. The standard InChI is InChI=1S/C18H26N6OS/c25-18-11-14-5-1-2-7-16(14)21-24(18)10-9-23-8-4-3-6-15(23)12-19-17-13-20-26-22-17/h11,13,15H,1-10,12H2,(H,19,22). The van der Waals surface area contributed by atoms with Gasteiger partial charge in [0, 0.05) is 25.2 Å². The summed E-state index contributed by atoms with van der Waals surface area (Å²) in [6.45, 7) is 3.49. The predicted octanol–water partition coefficient (Wildman–Crippen LogP) is 1.94. The summed E-state index contributed by atoms with van der Waals surface area (Å²) in [5.74, 6) is 0.855. The highest BCUT2D eigenvalue weighted by atomic mass is 32.1. The van der Waals surface area contributed by atoms with Crippen molar-refractivity contribution in [3.63, 3.8) is 0 Å². The van der Waals surface area contributed by atoms with E-state index in [0.717, 1.165) is 49.6 Å². The number of likely N-dealkylation sites (tertiary alicyclic amines) is 1. The van der Waals surface area contributed by atoms with Gasteiger partial charge < -0.3 is 5.32 Å². The molecule has 1 aliphatic carbocycles. The molecular weight excluding hydrogens is 348 g/mol. The normalized spacial score (nSPS) is 20.7.